The Bertz CT molecular complexity index is 1140. The van der Waals surface area contributed by atoms with Crippen LogP contribution in [0.4, 0.5) is 4.39 Å². The number of hydrogen-bond donors (Lipinski definition) is 2. The number of ether oxygens (including phenoxy) is 1. The number of rotatable bonds is 8. The molecule has 0 saturated heterocycles. The number of hydrogen-bond acceptors (Lipinski definition) is 7. The molecule has 9 nitrogen and oxygen atoms in total. The maximum Gasteiger partial charge on any atom is 0.270 e. The first-order valence-corrected chi connectivity index (χ1v) is 11.5. The second-order valence-corrected chi connectivity index (χ2v) is 8.82. The molecule has 1 aromatic carbocycles. The number of aryl methyl sites for hydroxylation is 1. The van der Waals surface area contributed by atoms with Gasteiger partial charge >= 0.3 is 0 Å². The molecule has 34 heavy (non-hydrogen) atoms. The molecule has 0 radical (unpaired) electrons. The molecular weight excluding hydrogens is 437 g/mol. The second kappa shape index (κ2) is 10.7. The first kappa shape index (κ1) is 23.7. The molecule has 1 aliphatic rings. The Morgan fingerprint density at radius 3 is 2.71 bits per heavy atom. The van der Waals surface area contributed by atoms with E-state index in [1.807, 2.05) is 13.0 Å². The molecule has 10 heteroatoms. The summed E-state index contributed by atoms with van der Waals surface area (Å²) in [5.41, 5.74) is 8.10. The van der Waals surface area contributed by atoms with E-state index < -0.39 is 5.82 Å². The maximum atomic E-state index is 13.6. The molecule has 0 unspecified atom stereocenters. The van der Waals surface area contributed by atoms with E-state index in [2.05, 4.69) is 25.7 Å². The summed E-state index contributed by atoms with van der Waals surface area (Å²) in [6.45, 7) is 3.50. The summed E-state index contributed by atoms with van der Waals surface area (Å²) in [6, 6.07) is 7.94. The van der Waals surface area contributed by atoms with Crippen LogP contribution in [-0.2, 0) is 13.1 Å². The predicted octanol–water partition coefficient (Wildman–Crippen LogP) is 2.89. The Labute approximate surface area is 197 Å². The molecule has 1 fully saturated rings. The zero-order valence-electron chi connectivity index (χ0n) is 19.5. The van der Waals surface area contributed by atoms with Crippen molar-refractivity contribution < 1.29 is 13.9 Å². The molecule has 2 heterocycles. The molecule has 1 saturated carbocycles. The summed E-state index contributed by atoms with van der Waals surface area (Å²) >= 11 is 0. The van der Waals surface area contributed by atoms with Crippen LogP contribution in [0.1, 0.15) is 47.4 Å². The SMILES string of the molecule is COc1cc(CNC(=O)c2cc(-c3nnn(C[C@H]4CC[C@H](CN)CC4)n3)cc(C)n2)ccc1F. The minimum absolute atomic E-state index is 0.129. The van der Waals surface area contributed by atoms with Crippen LogP contribution in [0.5, 0.6) is 5.75 Å². The highest BCUT2D eigenvalue weighted by Gasteiger charge is 2.22. The monoisotopic (exact) mass is 467 g/mol. The van der Waals surface area contributed by atoms with Crippen LogP contribution in [0, 0.1) is 24.6 Å². The average molecular weight is 468 g/mol. The van der Waals surface area contributed by atoms with Crippen molar-refractivity contribution in [3.05, 3.63) is 53.1 Å². The third-order valence-electron chi connectivity index (χ3n) is 6.29. The number of nitrogens with zero attached hydrogens (tertiary/aromatic N) is 5. The van der Waals surface area contributed by atoms with Crippen molar-refractivity contribution in [2.24, 2.45) is 17.6 Å². The van der Waals surface area contributed by atoms with Crippen LogP contribution in [0.25, 0.3) is 11.4 Å². The van der Waals surface area contributed by atoms with Gasteiger partial charge in [0.1, 0.15) is 5.69 Å². The van der Waals surface area contributed by atoms with Gasteiger partial charge in [0, 0.05) is 17.8 Å². The van der Waals surface area contributed by atoms with E-state index >= 15 is 0 Å². The second-order valence-electron chi connectivity index (χ2n) is 8.82. The van der Waals surface area contributed by atoms with Crippen molar-refractivity contribution in [1.29, 1.82) is 0 Å². The molecule has 1 amide bonds. The molecule has 4 rings (SSSR count). The van der Waals surface area contributed by atoms with Crippen LogP contribution >= 0.6 is 0 Å². The van der Waals surface area contributed by atoms with E-state index in [9.17, 15) is 9.18 Å². The third kappa shape index (κ3) is 5.74. The fourth-order valence-electron chi connectivity index (χ4n) is 4.32. The fraction of sp³-hybridized carbons (Fsp3) is 0.458. The molecule has 180 valence electrons. The molecule has 0 spiro atoms. The summed E-state index contributed by atoms with van der Waals surface area (Å²) in [7, 11) is 1.40. The quantitative estimate of drug-likeness (QED) is 0.522. The van der Waals surface area contributed by atoms with Crippen LogP contribution in [0.15, 0.2) is 30.3 Å². The largest absolute Gasteiger partial charge is 0.494 e. The van der Waals surface area contributed by atoms with Crippen molar-refractivity contribution in [2.45, 2.75) is 45.7 Å². The van der Waals surface area contributed by atoms with Gasteiger partial charge < -0.3 is 15.8 Å². The van der Waals surface area contributed by atoms with E-state index in [1.54, 1.807) is 23.0 Å². The van der Waals surface area contributed by atoms with Gasteiger partial charge in [0.15, 0.2) is 11.6 Å². The van der Waals surface area contributed by atoms with Crippen LogP contribution in [-0.4, -0.2) is 44.8 Å². The van der Waals surface area contributed by atoms with E-state index in [0.717, 1.165) is 38.8 Å². The number of amides is 1. The van der Waals surface area contributed by atoms with Crippen molar-refractivity contribution in [1.82, 2.24) is 30.5 Å². The maximum absolute atomic E-state index is 13.6. The minimum Gasteiger partial charge on any atom is -0.494 e. The highest BCUT2D eigenvalue weighted by atomic mass is 19.1. The first-order chi connectivity index (χ1) is 16.4. The summed E-state index contributed by atoms with van der Waals surface area (Å²) in [4.78, 5) is 18.7. The number of aromatic nitrogens is 5. The average Bonchev–Trinajstić information content (AvgIpc) is 3.32. The number of benzene rings is 1. The summed E-state index contributed by atoms with van der Waals surface area (Å²) in [6.07, 6.45) is 4.54. The number of halogens is 1. The molecule has 0 aliphatic heterocycles. The minimum atomic E-state index is -0.452. The van der Waals surface area contributed by atoms with E-state index in [4.69, 9.17) is 10.5 Å². The lowest BCUT2D eigenvalue weighted by molar-refractivity contribution is 0.0945. The number of carbonyl (C=O) groups excluding carboxylic acids is 1. The van der Waals surface area contributed by atoms with Crippen LogP contribution in [0.3, 0.4) is 0 Å². The fourth-order valence-corrected chi connectivity index (χ4v) is 4.32. The molecule has 2 aromatic heterocycles. The van der Waals surface area contributed by atoms with Crippen molar-refractivity contribution >= 4 is 5.91 Å². The number of methoxy groups -OCH3 is 1. The highest BCUT2D eigenvalue weighted by molar-refractivity contribution is 5.93. The highest BCUT2D eigenvalue weighted by Crippen LogP contribution is 2.29. The van der Waals surface area contributed by atoms with Crippen LogP contribution in [0.2, 0.25) is 0 Å². The van der Waals surface area contributed by atoms with E-state index in [1.165, 1.54) is 13.2 Å². The number of carbonyl (C=O) groups is 1. The van der Waals surface area contributed by atoms with Gasteiger partial charge in [-0.15, -0.1) is 10.2 Å². The van der Waals surface area contributed by atoms with Crippen molar-refractivity contribution in [3.8, 4) is 17.1 Å². The zero-order valence-corrected chi connectivity index (χ0v) is 19.5. The standard InChI is InChI=1S/C24H30FN7O2/c1-15-9-19(23-29-31-32(30-23)14-17-5-3-16(12-26)4-6-17)11-21(28-15)24(33)27-13-18-7-8-20(25)22(10-18)34-2/h7-11,16-17H,3-6,12-14,26H2,1-2H3,(H,27,33)/t16-,17-. The summed E-state index contributed by atoms with van der Waals surface area (Å²) in [5.74, 6) is 0.937. The van der Waals surface area contributed by atoms with E-state index in [0.29, 0.717) is 34.5 Å². The van der Waals surface area contributed by atoms with Crippen molar-refractivity contribution in [2.75, 3.05) is 13.7 Å². The lowest BCUT2D eigenvalue weighted by Crippen LogP contribution is -2.24. The molecule has 3 N–H and O–H groups in total. The van der Waals surface area contributed by atoms with Gasteiger partial charge in [-0.25, -0.2) is 9.37 Å². The Balaban J connectivity index is 1.41. The van der Waals surface area contributed by atoms with Gasteiger partial charge in [-0.05, 0) is 86.0 Å². The smallest absolute Gasteiger partial charge is 0.270 e. The molecular formula is C24H30FN7O2. The molecule has 0 bridgehead atoms. The number of pyridine rings is 1. The van der Waals surface area contributed by atoms with Gasteiger partial charge in [0.2, 0.25) is 5.82 Å². The first-order valence-electron chi connectivity index (χ1n) is 11.5. The summed E-state index contributed by atoms with van der Waals surface area (Å²) in [5, 5.41) is 15.8. The van der Waals surface area contributed by atoms with Crippen molar-refractivity contribution in [3.63, 3.8) is 0 Å². The number of tetrazole rings is 1. The van der Waals surface area contributed by atoms with E-state index in [-0.39, 0.29) is 23.9 Å². The molecule has 1 aliphatic carbocycles. The van der Waals surface area contributed by atoms with Gasteiger partial charge in [0.25, 0.3) is 5.91 Å². The number of nitrogens with one attached hydrogen (secondary N) is 1. The topological polar surface area (TPSA) is 121 Å². The van der Waals surface area contributed by atoms with Gasteiger partial charge in [-0.1, -0.05) is 6.07 Å². The lowest BCUT2D eigenvalue weighted by atomic mass is 9.82. The number of nitrogens with two attached hydrogens (primary N) is 1. The predicted molar refractivity (Wildman–Crippen MR) is 124 cm³/mol. The van der Waals surface area contributed by atoms with Gasteiger partial charge in [-0.2, -0.15) is 4.80 Å². The Morgan fingerprint density at radius 1 is 1.21 bits per heavy atom. The Hall–Kier alpha value is -3.40. The molecule has 0 atom stereocenters. The zero-order chi connectivity index (χ0) is 24.1. The Kier molecular flexibility index (Phi) is 7.46. The normalized spacial score (nSPS) is 18.0. The van der Waals surface area contributed by atoms with Crippen LogP contribution < -0.4 is 15.8 Å². The van der Waals surface area contributed by atoms with Gasteiger partial charge in [0.05, 0.1) is 13.7 Å². The summed E-state index contributed by atoms with van der Waals surface area (Å²) < 4.78 is 18.6. The third-order valence-corrected chi connectivity index (χ3v) is 6.29. The van der Waals surface area contributed by atoms with Gasteiger partial charge in [-0.3, -0.25) is 4.79 Å². The lowest BCUT2D eigenvalue weighted by Gasteiger charge is -2.26. The Morgan fingerprint density at radius 2 is 1.97 bits per heavy atom. The molecule has 3 aromatic rings.